The molecule has 0 aromatic carbocycles. The molecule has 1 aromatic rings. The monoisotopic (exact) mass is 235 g/mol. The second kappa shape index (κ2) is 5.00. The van der Waals surface area contributed by atoms with Gasteiger partial charge in [0.05, 0.1) is 6.61 Å². The smallest absolute Gasteiger partial charge is 0.451 e. The van der Waals surface area contributed by atoms with Gasteiger partial charge in [-0.1, -0.05) is 0 Å². The third-order valence-corrected chi connectivity index (χ3v) is 1.61. The van der Waals surface area contributed by atoms with Crippen molar-refractivity contribution in [3.8, 4) is 5.88 Å². The summed E-state index contributed by atoms with van der Waals surface area (Å²) in [7, 11) is 0. The van der Waals surface area contributed by atoms with Crippen LogP contribution in [0.2, 0.25) is 0 Å². The highest BCUT2D eigenvalue weighted by molar-refractivity contribution is 5.38. The quantitative estimate of drug-likeness (QED) is 0.870. The van der Waals surface area contributed by atoms with Crippen LogP contribution in [0.3, 0.4) is 0 Å². The van der Waals surface area contributed by atoms with Gasteiger partial charge in [-0.3, -0.25) is 0 Å². The van der Waals surface area contributed by atoms with Crippen LogP contribution < -0.4 is 10.1 Å². The lowest BCUT2D eigenvalue weighted by Crippen LogP contribution is -2.14. The van der Waals surface area contributed by atoms with Crippen LogP contribution in [0.1, 0.15) is 19.7 Å². The van der Waals surface area contributed by atoms with Crippen molar-refractivity contribution in [3.63, 3.8) is 0 Å². The molecule has 0 aliphatic rings. The van der Waals surface area contributed by atoms with Crippen molar-refractivity contribution in [1.29, 1.82) is 0 Å². The average molecular weight is 235 g/mol. The minimum absolute atomic E-state index is 0.0826. The zero-order valence-electron chi connectivity index (χ0n) is 8.93. The Bertz CT molecular complexity index is 330. The van der Waals surface area contributed by atoms with Crippen molar-refractivity contribution in [3.05, 3.63) is 11.9 Å². The number of ether oxygens (including phenoxy) is 1. The van der Waals surface area contributed by atoms with Gasteiger partial charge in [0.2, 0.25) is 11.7 Å². The SMILES string of the molecule is CCNc1cc(OCC)nc(C(F)(F)F)n1. The molecule has 0 saturated heterocycles. The van der Waals surface area contributed by atoms with Crippen molar-refractivity contribution < 1.29 is 17.9 Å². The van der Waals surface area contributed by atoms with Crippen LogP contribution >= 0.6 is 0 Å². The van der Waals surface area contributed by atoms with Gasteiger partial charge in [-0.15, -0.1) is 0 Å². The Labute approximate surface area is 90.9 Å². The summed E-state index contributed by atoms with van der Waals surface area (Å²) in [5.74, 6) is -1.18. The number of alkyl halides is 3. The van der Waals surface area contributed by atoms with E-state index in [1.165, 1.54) is 6.07 Å². The van der Waals surface area contributed by atoms with Crippen LogP contribution in [0.15, 0.2) is 6.07 Å². The molecule has 0 spiro atoms. The average Bonchev–Trinajstić information content (AvgIpc) is 2.17. The standard InChI is InChI=1S/C9H12F3N3O/c1-3-13-6-5-7(16-4-2)15-8(14-6)9(10,11)12/h5H,3-4H2,1-2H3,(H,13,14,15). The molecule has 0 fully saturated rings. The first-order valence-corrected chi connectivity index (χ1v) is 4.80. The lowest BCUT2D eigenvalue weighted by Gasteiger charge is -2.10. The normalized spacial score (nSPS) is 11.3. The molecule has 90 valence electrons. The molecule has 4 nitrogen and oxygen atoms in total. The minimum atomic E-state index is -4.57. The van der Waals surface area contributed by atoms with Gasteiger partial charge in [0.1, 0.15) is 5.82 Å². The first kappa shape index (κ1) is 12.5. The molecular formula is C9H12F3N3O. The number of hydrogen-bond acceptors (Lipinski definition) is 4. The molecule has 0 atom stereocenters. The highest BCUT2D eigenvalue weighted by Crippen LogP contribution is 2.28. The van der Waals surface area contributed by atoms with Crippen molar-refractivity contribution in [1.82, 2.24) is 9.97 Å². The van der Waals surface area contributed by atoms with Crippen LogP contribution in [-0.4, -0.2) is 23.1 Å². The number of aromatic nitrogens is 2. The van der Waals surface area contributed by atoms with Gasteiger partial charge in [-0.2, -0.15) is 18.2 Å². The van der Waals surface area contributed by atoms with Crippen molar-refractivity contribution in [2.75, 3.05) is 18.5 Å². The summed E-state index contributed by atoms with van der Waals surface area (Å²) in [5, 5.41) is 2.69. The minimum Gasteiger partial charge on any atom is -0.478 e. The zero-order valence-corrected chi connectivity index (χ0v) is 8.93. The molecule has 7 heteroatoms. The highest BCUT2D eigenvalue weighted by atomic mass is 19.4. The summed E-state index contributed by atoms with van der Waals surface area (Å²) in [5.41, 5.74) is 0. The van der Waals surface area contributed by atoms with Gasteiger partial charge < -0.3 is 10.1 Å². The highest BCUT2D eigenvalue weighted by Gasteiger charge is 2.35. The fraction of sp³-hybridized carbons (Fsp3) is 0.556. The van der Waals surface area contributed by atoms with E-state index in [4.69, 9.17) is 4.74 Å². The maximum Gasteiger partial charge on any atom is 0.451 e. The molecule has 1 rings (SSSR count). The second-order valence-corrected chi connectivity index (χ2v) is 2.88. The molecule has 1 heterocycles. The first-order chi connectivity index (χ1) is 7.47. The molecular weight excluding hydrogens is 223 g/mol. The Hall–Kier alpha value is -1.53. The van der Waals surface area contributed by atoms with E-state index in [0.717, 1.165) is 0 Å². The Morgan fingerprint density at radius 2 is 2.00 bits per heavy atom. The second-order valence-electron chi connectivity index (χ2n) is 2.88. The molecule has 1 N–H and O–H groups in total. The number of hydrogen-bond donors (Lipinski definition) is 1. The summed E-state index contributed by atoms with van der Waals surface area (Å²) in [6, 6.07) is 1.34. The summed E-state index contributed by atoms with van der Waals surface area (Å²) in [6.07, 6.45) is -4.57. The van der Waals surface area contributed by atoms with E-state index in [1.54, 1.807) is 13.8 Å². The van der Waals surface area contributed by atoms with E-state index < -0.39 is 12.0 Å². The molecule has 0 aliphatic carbocycles. The zero-order chi connectivity index (χ0) is 12.2. The molecule has 0 radical (unpaired) electrons. The van der Waals surface area contributed by atoms with Gasteiger partial charge >= 0.3 is 6.18 Å². The number of nitrogens with zero attached hydrogens (tertiary/aromatic N) is 2. The predicted molar refractivity (Wildman–Crippen MR) is 52.4 cm³/mol. The van der Waals surface area contributed by atoms with Gasteiger partial charge in [-0.25, -0.2) is 4.98 Å². The Kier molecular flexibility index (Phi) is 3.92. The van der Waals surface area contributed by atoms with Gasteiger partial charge in [-0.05, 0) is 13.8 Å². The summed E-state index contributed by atoms with van der Waals surface area (Å²) in [6.45, 7) is 4.15. The predicted octanol–water partition coefficient (Wildman–Crippen LogP) is 2.33. The number of halogens is 3. The van der Waals surface area contributed by atoms with Crippen LogP contribution in [-0.2, 0) is 6.18 Å². The molecule has 0 bridgehead atoms. The van der Waals surface area contributed by atoms with Gasteiger partial charge in [0.15, 0.2) is 0 Å². The largest absolute Gasteiger partial charge is 0.478 e. The van der Waals surface area contributed by atoms with Crippen molar-refractivity contribution >= 4 is 5.82 Å². The molecule has 0 aliphatic heterocycles. The van der Waals surface area contributed by atoms with Gasteiger partial charge in [0.25, 0.3) is 0 Å². The maximum absolute atomic E-state index is 12.4. The topological polar surface area (TPSA) is 47.0 Å². The summed E-state index contributed by atoms with van der Waals surface area (Å²) < 4.78 is 42.2. The third kappa shape index (κ3) is 3.25. The van der Waals surface area contributed by atoms with E-state index in [9.17, 15) is 13.2 Å². The van der Waals surface area contributed by atoms with E-state index in [1.807, 2.05) is 0 Å². The lowest BCUT2D eigenvalue weighted by molar-refractivity contribution is -0.145. The number of nitrogens with one attached hydrogen (secondary N) is 1. The molecule has 0 saturated carbocycles. The maximum atomic E-state index is 12.4. The van der Waals surface area contributed by atoms with Gasteiger partial charge in [0, 0.05) is 12.6 Å². The summed E-state index contributed by atoms with van der Waals surface area (Å²) >= 11 is 0. The third-order valence-electron chi connectivity index (χ3n) is 1.61. The van der Waals surface area contributed by atoms with E-state index in [-0.39, 0.29) is 18.3 Å². The van der Waals surface area contributed by atoms with Crippen LogP contribution in [0.4, 0.5) is 19.0 Å². The lowest BCUT2D eigenvalue weighted by atomic mass is 10.5. The molecule has 0 amide bonds. The van der Waals surface area contributed by atoms with Crippen molar-refractivity contribution in [2.24, 2.45) is 0 Å². The molecule has 0 unspecified atom stereocenters. The van der Waals surface area contributed by atoms with Crippen molar-refractivity contribution in [2.45, 2.75) is 20.0 Å². The van der Waals surface area contributed by atoms with E-state index in [2.05, 4.69) is 15.3 Å². The fourth-order valence-corrected chi connectivity index (χ4v) is 1.05. The number of rotatable bonds is 4. The molecule has 16 heavy (non-hydrogen) atoms. The Balaban J connectivity index is 3.08. The number of anilines is 1. The first-order valence-electron chi connectivity index (χ1n) is 4.80. The Morgan fingerprint density at radius 3 is 2.50 bits per heavy atom. The van der Waals surface area contributed by atoms with E-state index in [0.29, 0.717) is 6.54 Å². The van der Waals surface area contributed by atoms with Crippen LogP contribution in [0, 0.1) is 0 Å². The summed E-state index contributed by atoms with van der Waals surface area (Å²) in [4.78, 5) is 6.63. The van der Waals surface area contributed by atoms with Crippen LogP contribution in [0.25, 0.3) is 0 Å². The van der Waals surface area contributed by atoms with E-state index >= 15 is 0 Å². The fourth-order valence-electron chi connectivity index (χ4n) is 1.05. The molecule has 1 aromatic heterocycles. The Morgan fingerprint density at radius 1 is 1.31 bits per heavy atom. The van der Waals surface area contributed by atoms with Crippen LogP contribution in [0.5, 0.6) is 5.88 Å².